The Morgan fingerprint density at radius 3 is 2.95 bits per heavy atom. The highest BCUT2D eigenvalue weighted by molar-refractivity contribution is 9.10. The lowest BCUT2D eigenvalue weighted by molar-refractivity contribution is -0.117. The molecule has 1 aromatic carbocycles. The maximum Gasteiger partial charge on any atom is 0.227 e. The summed E-state index contributed by atoms with van der Waals surface area (Å²) >= 11 is 10.4. The van der Waals surface area contributed by atoms with E-state index in [4.69, 9.17) is 11.6 Å². The summed E-state index contributed by atoms with van der Waals surface area (Å²) in [5.74, 6) is 0.653. The van der Waals surface area contributed by atoms with E-state index in [0.717, 1.165) is 0 Å². The summed E-state index contributed by atoms with van der Waals surface area (Å²) in [7, 11) is 0. The molecule has 1 aliphatic heterocycles. The second-order valence-corrected chi connectivity index (χ2v) is 7.12. The lowest BCUT2D eigenvalue weighted by Crippen LogP contribution is -2.25. The largest absolute Gasteiger partial charge is 0.505 e. The van der Waals surface area contributed by atoms with Crippen molar-refractivity contribution in [2.45, 2.75) is 13.3 Å². The third-order valence-corrected chi connectivity index (χ3v) is 4.89. The first-order valence-electron chi connectivity index (χ1n) is 6.00. The molecule has 0 spiro atoms. The van der Waals surface area contributed by atoms with Crippen LogP contribution in [0.3, 0.4) is 0 Å². The van der Waals surface area contributed by atoms with Crippen molar-refractivity contribution in [2.75, 3.05) is 17.2 Å². The van der Waals surface area contributed by atoms with Crippen LogP contribution >= 0.6 is 39.3 Å². The Bertz CT molecular complexity index is 567. The van der Waals surface area contributed by atoms with Gasteiger partial charge in [0.2, 0.25) is 5.91 Å². The molecule has 0 saturated carbocycles. The van der Waals surface area contributed by atoms with Gasteiger partial charge in [-0.25, -0.2) is 0 Å². The minimum Gasteiger partial charge on any atom is -0.505 e. The average Bonchev–Trinajstić information content (AvgIpc) is 2.72. The van der Waals surface area contributed by atoms with Crippen molar-refractivity contribution < 1.29 is 14.7 Å². The molecule has 7 heteroatoms. The number of thioether (sulfide) groups is 1. The fraction of sp³-hybridized carbons (Fsp3) is 0.385. The minimum absolute atomic E-state index is 0.00243. The fourth-order valence-corrected chi connectivity index (χ4v) is 3.61. The molecule has 4 nitrogen and oxygen atoms in total. The van der Waals surface area contributed by atoms with Crippen molar-refractivity contribution in [3.05, 3.63) is 21.6 Å². The standard InChI is InChI=1S/C13H13BrClNO3S/c1-7(17)20-6-8-2-12(18)16(5-8)11-4-9(15)3-10(14)13(11)19/h3-4,8,19H,2,5-6H2,1H3. The molecule has 1 fully saturated rings. The zero-order valence-electron chi connectivity index (χ0n) is 10.7. The number of carbonyl (C=O) groups excluding carboxylic acids is 2. The zero-order chi connectivity index (χ0) is 14.9. The number of hydrogen-bond acceptors (Lipinski definition) is 4. The topological polar surface area (TPSA) is 57.6 Å². The average molecular weight is 379 g/mol. The summed E-state index contributed by atoms with van der Waals surface area (Å²) in [6.07, 6.45) is 0.379. The van der Waals surface area contributed by atoms with E-state index in [2.05, 4.69) is 15.9 Å². The van der Waals surface area contributed by atoms with Gasteiger partial charge < -0.3 is 10.0 Å². The number of nitrogens with zero attached hydrogens (tertiary/aromatic N) is 1. The summed E-state index contributed by atoms with van der Waals surface area (Å²) in [6.45, 7) is 2.00. The van der Waals surface area contributed by atoms with Crippen molar-refractivity contribution in [1.82, 2.24) is 0 Å². The van der Waals surface area contributed by atoms with E-state index >= 15 is 0 Å². The molecular weight excluding hydrogens is 366 g/mol. The Kier molecular flexibility index (Phi) is 4.99. The number of anilines is 1. The van der Waals surface area contributed by atoms with Crippen LogP contribution in [-0.4, -0.2) is 28.4 Å². The van der Waals surface area contributed by atoms with Crippen molar-refractivity contribution in [2.24, 2.45) is 5.92 Å². The Morgan fingerprint density at radius 1 is 1.60 bits per heavy atom. The molecular formula is C13H13BrClNO3S. The van der Waals surface area contributed by atoms with Crippen LogP contribution in [0.5, 0.6) is 5.75 Å². The minimum atomic E-state index is -0.0661. The first-order valence-corrected chi connectivity index (χ1v) is 8.16. The molecule has 1 unspecified atom stereocenters. The third-order valence-electron chi connectivity index (χ3n) is 3.03. The molecule has 1 heterocycles. The van der Waals surface area contributed by atoms with E-state index in [1.165, 1.54) is 23.6 Å². The van der Waals surface area contributed by atoms with Crippen LogP contribution in [0.15, 0.2) is 16.6 Å². The Labute approximate surface area is 134 Å². The van der Waals surface area contributed by atoms with Crippen LogP contribution in [0.1, 0.15) is 13.3 Å². The lowest BCUT2D eigenvalue weighted by Gasteiger charge is -2.19. The van der Waals surface area contributed by atoms with Crippen molar-refractivity contribution in [3.63, 3.8) is 0 Å². The first kappa shape index (κ1) is 15.7. The molecule has 1 aromatic rings. The van der Waals surface area contributed by atoms with Gasteiger partial charge in [-0.15, -0.1) is 0 Å². The van der Waals surface area contributed by atoms with Crippen LogP contribution in [0.25, 0.3) is 0 Å². The fourth-order valence-electron chi connectivity index (χ4n) is 2.12. The molecule has 0 aliphatic carbocycles. The normalized spacial score (nSPS) is 18.6. The van der Waals surface area contributed by atoms with Gasteiger partial charge in [0.1, 0.15) is 0 Å². The van der Waals surface area contributed by atoms with Crippen LogP contribution in [0.4, 0.5) is 5.69 Å². The number of halogens is 2. The number of phenolic OH excluding ortho intramolecular Hbond substituents is 1. The van der Waals surface area contributed by atoms with E-state index in [-0.39, 0.29) is 22.7 Å². The highest BCUT2D eigenvalue weighted by Crippen LogP contribution is 2.40. The van der Waals surface area contributed by atoms with Crippen molar-refractivity contribution in [1.29, 1.82) is 0 Å². The highest BCUT2D eigenvalue weighted by atomic mass is 79.9. The molecule has 108 valence electrons. The van der Waals surface area contributed by atoms with Crippen LogP contribution < -0.4 is 4.90 Å². The molecule has 1 aliphatic rings. The molecule has 20 heavy (non-hydrogen) atoms. The molecule has 0 radical (unpaired) electrons. The highest BCUT2D eigenvalue weighted by Gasteiger charge is 2.32. The number of rotatable bonds is 3. The Balaban J connectivity index is 2.18. The zero-order valence-corrected chi connectivity index (χ0v) is 13.9. The summed E-state index contributed by atoms with van der Waals surface area (Å²) in [6, 6.07) is 3.14. The SMILES string of the molecule is CC(=O)SCC1CC(=O)N(c2cc(Cl)cc(Br)c2O)C1. The molecule has 1 amide bonds. The second-order valence-electron chi connectivity index (χ2n) is 4.63. The molecule has 2 rings (SSSR count). The number of amides is 1. The van der Waals surface area contributed by atoms with E-state index in [1.807, 2.05) is 0 Å². The Morgan fingerprint density at radius 2 is 2.30 bits per heavy atom. The van der Waals surface area contributed by atoms with Crippen LogP contribution in [0, 0.1) is 5.92 Å². The van der Waals surface area contributed by atoms with E-state index < -0.39 is 0 Å². The number of benzene rings is 1. The second kappa shape index (κ2) is 6.37. The third kappa shape index (κ3) is 3.48. The van der Waals surface area contributed by atoms with Gasteiger partial charge in [-0.1, -0.05) is 23.4 Å². The maximum absolute atomic E-state index is 12.1. The quantitative estimate of drug-likeness (QED) is 0.875. The lowest BCUT2D eigenvalue weighted by atomic mass is 10.1. The van der Waals surface area contributed by atoms with Crippen LogP contribution in [0.2, 0.25) is 5.02 Å². The monoisotopic (exact) mass is 377 g/mol. The van der Waals surface area contributed by atoms with Gasteiger partial charge >= 0.3 is 0 Å². The van der Waals surface area contributed by atoms with E-state index in [1.54, 1.807) is 12.1 Å². The number of hydrogen-bond donors (Lipinski definition) is 1. The molecule has 1 atom stereocenters. The van der Waals surface area contributed by atoms with Crippen molar-refractivity contribution in [3.8, 4) is 5.75 Å². The van der Waals surface area contributed by atoms with Gasteiger partial charge in [-0.05, 0) is 34.0 Å². The summed E-state index contributed by atoms with van der Waals surface area (Å²) in [5.41, 5.74) is 0.407. The van der Waals surface area contributed by atoms with Gasteiger partial charge in [-0.2, -0.15) is 0 Å². The smallest absolute Gasteiger partial charge is 0.227 e. The van der Waals surface area contributed by atoms with E-state index in [0.29, 0.717) is 33.9 Å². The van der Waals surface area contributed by atoms with Gasteiger partial charge in [-0.3, -0.25) is 9.59 Å². The molecule has 1 saturated heterocycles. The Hall–Kier alpha value is -0.720. The van der Waals surface area contributed by atoms with Gasteiger partial charge in [0.25, 0.3) is 0 Å². The number of phenols is 1. The van der Waals surface area contributed by atoms with Crippen LogP contribution in [-0.2, 0) is 9.59 Å². The van der Waals surface area contributed by atoms with E-state index in [9.17, 15) is 14.7 Å². The maximum atomic E-state index is 12.1. The van der Waals surface area contributed by atoms with Gasteiger partial charge in [0, 0.05) is 30.7 Å². The molecule has 1 N–H and O–H groups in total. The summed E-state index contributed by atoms with van der Waals surface area (Å²) < 4.78 is 0.453. The summed E-state index contributed by atoms with van der Waals surface area (Å²) in [4.78, 5) is 24.6. The van der Waals surface area contributed by atoms with Gasteiger partial charge in [0.05, 0.1) is 10.2 Å². The van der Waals surface area contributed by atoms with Crippen molar-refractivity contribution >= 4 is 56.0 Å². The predicted molar refractivity (Wildman–Crippen MR) is 84.4 cm³/mol. The first-order chi connectivity index (χ1) is 9.38. The molecule has 0 aromatic heterocycles. The predicted octanol–water partition coefficient (Wildman–Crippen LogP) is 3.44. The summed E-state index contributed by atoms with van der Waals surface area (Å²) in [5, 5.41) is 10.5. The number of aromatic hydroxyl groups is 1. The molecule has 0 bridgehead atoms. The number of carbonyl (C=O) groups is 2. The van der Waals surface area contributed by atoms with Gasteiger partial charge in [0.15, 0.2) is 10.9 Å².